The normalized spacial score (nSPS) is 11.1. The molecule has 21 heavy (non-hydrogen) atoms. The summed E-state index contributed by atoms with van der Waals surface area (Å²) in [4.78, 5) is 30.2. The van der Waals surface area contributed by atoms with Crippen LogP contribution in [0.15, 0.2) is 24.3 Å². The predicted molar refractivity (Wildman–Crippen MR) is 87.8 cm³/mol. The minimum atomic E-state index is -0.166. The third-order valence-corrected chi connectivity index (χ3v) is 3.99. The number of amides is 2. The van der Waals surface area contributed by atoms with Crippen molar-refractivity contribution in [2.24, 2.45) is 0 Å². The number of hydrogen-bond acceptors (Lipinski definition) is 4. The summed E-state index contributed by atoms with van der Waals surface area (Å²) in [7, 11) is 7.22. The highest BCUT2D eigenvalue weighted by molar-refractivity contribution is 7.16. The van der Waals surface area contributed by atoms with E-state index in [4.69, 9.17) is 0 Å². The molecule has 0 unspecified atom stereocenters. The summed E-state index contributed by atoms with van der Waals surface area (Å²) in [5.41, 5.74) is 0. The second kappa shape index (κ2) is 7.95. The zero-order chi connectivity index (χ0) is 16.0. The van der Waals surface area contributed by atoms with E-state index >= 15 is 0 Å². The van der Waals surface area contributed by atoms with Gasteiger partial charge in [-0.3, -0.25) is 9.59 Å². The maximum Gasteiger partial charge on any atom is 0.246 e. The first-order valence-electron chi connectivity index (χ1n) is 6.70. The topological polar surface area (TPSA) is 43.9 Å². The number of likely N-dealkylation sites (N-methyl/N-ethyl adjacent to an activating group) is 3. The Balaban J connectivity index is 2.53. The van der Waals surface area contributed by atoms with Crippen molar-refractivity contribution in [1.29, 1.82) is 0 Å². The van der Waals surface area contributed by atoms with E-state index in [1.54, 1.807) is 36.4 Å². The van der Waals surface area contributed by atoms with Crippen molar-refractivity contribution in [3.05, 3.63) is 29.2 Å². The first-order valence-corrected chi connectivity index (χ1v) is 7.52. The molecule has 0 N–H and O–H groups in total. The molecule has 0 fully saturated rings. The lowest BCUT2D eigenvalue weighted by molar-refractivity contribution is -0.130. The SMILES string of the molecule is Cc1ccc(N(C)C(=O)CN(C)C(=O)/C=C/CN(C)C)s1. The summed E-state index contributed by atoms with van der Waals surface area (Å²) in [5, 5.41) is 0.890. The summed E-state index contributed by atoms with van der Waals surface area (Å²) < 4.78 is 0. The number of carbonyl (C=O) groups excluding carboxylic acids is 2. The first kappa shape index (κ1) is 17.4. The maximum atomic E-state index is 12.2. The molecule has 0 saturated carbocycles. The Morgan fingerprint density at radius 2 is 1.86 bits per heavy atom. The van der Waals surface area contributed by atoms with Crippen LogP contribution in [0, 0.1) is 6.92 Å². The molecule has 6 heteroatoms. The summed E-state index contributed by atoms with van der Waals surface area (Å²) in [5.74, 6) is -0.269. The van der Waals surface area contributed by atoms with E-state index < -0.39 is 0 Å². The van der Waals surface area contributed by atoms with E-state index in [0.717, 1.165) is 9.88 Å². The molecule has 0 saturated heterocycles. The summed E-state index contributed by atoms with van der Waals surface area (Å²) in [6, 6.07) is 3.89. The van der Waals surface area contributed by atoms with Crippen LogP contribution in [0.1, 0.15) is 4.88 Å². The van der Waals surface area contributed by atoms with E-state index in [9.17, 15) is 9.59 Å². The molecule has 0 aliphatic carbocycles. The van der Waals surface area contributed by atoms with Crippen LogP contribution in [0.25, 0.3) is 0 Å². The second-order valence-electron chi connectivity index (χ2n) is 5.20. The van der Waals surface area contributed by atoms with Crippen LogP contribution in [0.3, 0.4) is 0 Å². The van der Waals surface area contributed by atoms with Crippen molar-refractivity contribution < 1.29 is 9.59 Å². The van der Waals surface area contributed by atoms with Gasteiger partial charge in [-0.05, 0) is 33.2 Å². The highest BCUT2D eigenvalue weighted by Gasteiger charge is 2.16. The molecule has 5 nitrogen and oxygen atoms in total. The van der Waals surface area contributed by atoms with Crippen LogP contribution in [-0.2, 0) is 9.59 Å². The van der Waals surface area contributed by atoms with Gasteiger partial charge in [0.05, 0.1) is 5.00 Å². The van der Waals surface area contributed by atoms with Gasteiger partial charge in [-0.25, -0.2) is 0 Å². The Morgan fingerprint density at radius 1 is 1.19 bits per heavy atom. The van der Waals surface area contributed by atoms with Gasteiger partial charge in [-0.2, -0.15) is 0 Å². The van der Waals surface area contributed by atoms with Gasteiger partial charge in [0.1, 0.15) is 6.54 Å². The Bertz CT molecular complexity index is 523. The van der Waals surface area contributed by atoms with Crippen LogP contribution >= 0.6 is 11.3 Å². The minimum Gasteiger partial charge on any atom is -0.333 e. The predicted octanol–water partition coefficient (Wildman–Crippen LogP) is 1.60. The van der Waals surface area contributed by atoms with E-state index in [0.29, 0.717) is 6.54 Å². The average Bonchev–Trinajstić information content (AvgIpc) is 2.83. The molecule has 1 aromatic heterocycles. The van der Waals surface area contributed by atoms with Gasteiger partial charge in [0.2, 0.25) is 11.8 Å². The first-order chi connectivity index (χ1) is 9.81. The van der Waals surface area contributed by atoms with Gasteiger partial charge in [-0.15, -0.1) is 11.3 Å². The molecule has 0 atom stereocenters. The van der Waals surface area contributed by atoms with Crippen molar-refractivity contribution in [2.45, 2.75) is 6.92 Å². The van der Waals surface area contributed by atoms with Crippen LogP contribution < -0.4 is 4.90 Å². The molecule has 1 rings (SSSR count). The van der Waals surface area contributed by atoms with Crippen LogP contribution in [0.5, 0.6) is 0 Å². The maximum absolute atomic E-state index is 12.2. The number of anilines is 1. The Hall–Kier alpha value is -1.66. The molecule has 1 aromatic rings. The van der Waals surface area contributed by atoms with E-state index in [2.05, 4.69) is 0 Å². The molecule has 1 heterocycles. The van der Waals surface area contributed by atoms with Crippen molar-refractivity contribution in [2.75, 3.05) is 46.2 Å². The monoisotopic (exact) mass is 309 g/mol. The van der Waals surface area contributed by atoms with Gasteiger partial charge in [-0.1, -0.05) is 6.08 Å². The lowest BCUT2D eigenvalue weighted by atomic mass is 10.4. The Morgan fingerprint density at radius 3 is 2.38 bits per heavy atom. The number of nitrogens with zero attached hydrogens (tertiary/aromatic N) is 3. The lowest BCUT2D eigenvalue weighted by Gasteiger charge is -2.20. The zero-order valence-corrected chi connectivity index (χ0v) is 14.1. The minimum absolute atomic E-state index is 0.0680. The number of thiophene rings is 1. The molecule has 0 aliphatic rings. The quantitative estimate of drug-likeness (QED) is 0.750. The summed E-state index contributed by atoms with van der Waals surface area (Å²) in [6.45, 7) is 2.76. The van der Waals surface area contributed by atoms with E-state index in [1.807, 2.05) is 38.1 Å². The fourth-order valence-electron chi connectivity index (χ4n) is 1.60. The molecule has 0 radical (unpaired) electrons. The lowest BCUT2D eigenvalue weighted by Crippen LogP contribution is -2.38. The van der Waals surface area contributed by atoms with Crippen molar-refractivity contribution >= 4 is 28.2 Å². The molecule has 116 valence electrons. The second-order valence-corrected chi connectivity index (χ2v) is 6.46. The molecule has 0 spiro atoms. The molecule has 0 bridgehead atoms. The number of carbonyl (C=O) groups is 2. The van der Waals surface area contributed by atoms with E-state index in [1.165, 1.54) is 11.0 Å². The molecule has 2 amide bonds. The van der Waals surface area contributed by atoms with E-state index in [-0.39, 0.29) is 18.4 Å². The smallest absolute Gasteiger partial charge is 0.246 e. The van der Waals surface area contributed by atoms with Crippen molar-refractivity contribution in [1.82, 2.24) is 9.80 Å². The van der Waals surface area contributed by atoms with Crippen LogP contribution in [-0.4, -0.2) is 62.9 Å². The molecule has 0 aromatic carbocycles. The third-order valence-electron chi connectivity index (χ3n) is 2.91. The van der Waals surface area contributed by atoms with Crippen molar-refractivity contribution in [3.63, 3.8) is 0 Å². The highest BCUT2D eigenvalue weighted by Crippen LogP contribution is 2.24. The van der Waals surface area contributed by atoms with Gasteiger partial charge >= 0.3 is 0 Å². The summed E-state index contributed by atoms with van der Waals surface area (Å²) >= 11 is 1.56. The Labute approximate surface area is 130 Å². The third kappa shape index (κ3) is 5.69. The molecular formula is C15H23N3O2S. The fraction of sp³-hybridized carbons (Fsp3) is 0.467. The standard InChI is InChI=1S/C15H23N3O2S/c1-12-8-9-15(21-12)18(5)14(20)11-17(4)13(19)7-6-10-16(2)3/h6-9H,10-11H2,1-5H3/b7-6+. The van der Waals surface area contributed by atoms with Crippen molar-refractivity contribution in [3.8, 4) is 0 Å². The van der Waals surface area contributed by atoms with Crippen LogP contribution in [0.4, 0.5) is 5.00 Å². The van der Waals surface area contributed by atoms with Crippen LogP contribution in [0.2, 0.25) is 0 Å². The highest BCUT2D eigenvalue weighted by atomic mass is 32.1. The number of aryl methyl sites for hydroxylation is 1. The number of hydrogen-bond donors (Lipinski definition) is 0. The Kier molecular flexibility index (Phi) is 6.58. The largest absolute Gasteiger partial charge is 0.333 e. The van der Waals surface area contributed by atoms with Gasteiger partial charge < -0.3 is 14.7 Å². The zero-order valence-electron chi connectivity index (χ0n) is 13.3. The number of rotatable bonds is 6. The van der Waals surface area contributed by atoms with Gasteiger partial charge in [0.15, 0.2) is 0 Å². The van der Waals surface area contributed by atoms with Gasteiger partial charge in [0.25, 0.3) is 0 Å². The fourth-order valence-corrected chi connectivity index (χ4v) is 2.44. The summed E-state index contributed by atoms with van der Waals surface area (Å²) in [6.07, 6.45) is 3.29. The molecular weight excluding hydrogens is 286 g/mol. The van der Waals surface area contributed by atoms with Gasteiger partial charge in [0, 0.05) is 31.6 Å². The average molecular weight is 309 g/mol. The molecule has 0 aliphatic heterocycles.